The molecule has 0 amide bonds. The third-order valence-electron chi connectivity index (χ3n) is 1.81. The summed E-state index contributed by atoms with van der Waals surface area (Å²) in [5.74, 6) is 1.05. The molecule has 0 atom stereocenters. The molecular formula is C10H9BrN2S. The van der Waals surface area contributed by atoms with Gasteiger partial charge in [-0.1, -0.05) is 6.92 Å². The largest absolute Gasteiger partial charge is 0.254 e. The molecule has 14 heavy (non-hydrogen) atoms. The number of halogens is 1. The summed E-state index contributed by atoms with van der Waals surface area (Å²) in [6, 6.07) is 4.00. The van der Waals surface area contributed by atoms with Gasteiger partial charge in [0.15, 0.2) is 0 Å². The number of thioether (sulfide) groups is 1. The van der Waals surface area contributed by atoms with E-state index in [0.717, 1.165) is 21.3 Å². The first-order valence-corrected chi connectivity index (χ1v) is 6.12. The summed E-state index contributed by atoms with van der Waals surface area (Å²) < 4.78 is 0.969. The molecule has 2 heterocycles. The lowest BCUT2D eigenvalue weighted by Crippen LogP contribution is -1.85. The van der Waals surface area contributed by atoms with Gasteiger partial charge in [-0.15, -0.1) is 11.8 Å². The normalized spacial score (nSPS) is 10.7. The lowest BCUT2D eigenvalue weighted by molar-refractivity contribution is 1.26. The second-order valence-electron chi connectivity index (χ2n) is 2.76. The van der Waals surface area contributed by atoms with Crippen LogP contribution in [0.5, 0.6) is 0 Å². The van der Waals surface area contributed by atoms with Crippen molar-refractivity contribution in [2.75, 3.05) is 5.75 Å². The maximum absolute atomic E-state index is 4.37. The Balaban J connectivity index is 2.62. The van der Waals surface area contributed by atoms with Crippen molar-refractivity contribution in [3.8, 4) is 0 Å². The SMILES string of the molecule is CCSc1ccnc2cc(Br)cnc12. The highest BCUT2D eigenvalue weighted by Gasteiger charge is 2.03. The van der Waals surface area contributed by atoms with E-state index in [2.05, 4.69) is 32.8 Å². The highest BCUT2D eigenvalue weighted by molar-refractivity contribution is 9.10. The van der Waals surface area contributed by atoms with E-state index >= 15 is 0 Å². The van der Waals surface area contributed by atoms with Crippen LogP contribution in [0.25, 0.3) is 11.0 Å². The van der Waals surface area contributed by atoms with E-state index in [0.29, 0.717) is 0 Å². The van der Waals surface area contributed by atoms with Gasteiger partial charge in [-0.05, 0) is 33.8 Å². The van der Waals surface area contributed by atoms with Gasteiger partial charge in [-0.2, -0.15) is 0 Å². The molecule has 0 saturated carbocycles. The third-order valence-corrected chi connectivity index (χ3v) is 3.17. The van der Waals surface area contributed by atoms with Crippen LogP contribution in [-0.2, 0) is 0 Å². The molecule has 2 aromatic rings. The Kier molecular flexibility index (Phi) is 3.03. The maximum atomic E-state index is 4.37. The zero-order valence-corrected chi connectivity index (χ0v) is 10.1. The van der Waals surface area contributed by atoms with Crippen molar-refractivity contribution in [2.24, 2.45) is 0 Å². The Hall–Kier alpha value is -0.610. The van der Waals surface area contributed by atoms with Crippen LogP contribution >= 0.6 is 27.7 Å². The number of hydrogen-bond donors (Lipinski definition) is 0. The van der Waals surface area contributed by atoms with Crippen molar-refractivity contribution in [1.82, 2.24) is 9.97 Å². The smallest absolute Gasteiger partial charge is 0.102 e. The second kappa shape index (κ2) is 4.28. The monoisotopic (exact) mass is 268 g/mol. The predicted octanol–water partition coefficient (Wildman–Crippen LogP) is 3.50. The average molecular weight is 269 g/mol. The molecule has 0 aliphatic carbocycles. The summed E-state index contributed by atoms with van der Waals surface area (Å²) in [5, 5.41) is 0. The van der Waals surface area contributed by atoms with E-state index in [1.807, 2.05) is 24.5 Å². The van der Waals surface area contributed by atoms with Crippen LogP contribution in [0, 0.1) is 0 Å². The molecule has 0 fully saturated rings. The highest BCUT2D eigenvalue weighted by atomic mass is 79.9. The van der Waals surface area contributed by atoms with Gasteiger partial charge in [0, 0.05) is 21.8 Å². The van der Waals surface area contributed by atoms with Crippen LogP contribution in [0.15, 0.2) is 33.9 Å². The summed E-state index contributed by atoms with van der Waals surface area (Å²) >= 11 is 5.18. The Bertz CT molecular complexity index is 459. The molecule has 0 aliphatic heterocycles. The molecular weight excluding hydrogens is 260 g/mol. The summed E-state index contributed by atoms with van der Waals surface area (Å²) in [4.78, 5) is 9.85. The maximum Gasteiger partial charge on any atom is 0.102 e. The number of fused-ring (bicyclic) bond motifs is 1. The average Bonchev–Trinajstić information content (AvgIpc) is 2.18. The lowest BCUT2D eigenvalue weighted by atomic mass is 10.3. The summed E-state index contributed by atoms with van der Waals surface area (Å²) in [5.41, 5.74) is 1.93. The molecule has 72 valence electrons. The minimum absolute atomic E-state index is 0.942. The Morgan fingerprint density at radius 1 is 1.43 bits per heavy atom. The van der Waals surface area contributed by atoms with Gasteiger partial charge in [0.05, 0.1) is 5.52 Å². The zero-order valence-electron chi connectivity index (χ0n) is 7.70. The number of hydrogen-bond acceptors (Lipinski definition) is 3. The van der Waals surface area contributed by atoms with Gasteiger partial charge in [-0.3, -0.25) is 9.97 Å². The van der Waals surface area contributed by atoms with Gasteiger partial charge in [0.25, 0.3) is 0 Å². The summed E-state index contributed by atoms with van der Waals surface area (Å²) in [6.07, 6.45) is 3.64. The molecule has 2 rings (SSSR count). The van der Waals surface area contributed by atoms with E-state index in [4.69, 9.17) is 0 Å². The van der Waals surface area contributed by atoms with Crippen LogP contribution in [0.1, 0.15) is 6.92 Å². The van der Waals surface area contributed by atoms with Gasteiger partial charge in [-0.25, -0.2) is 0 Å². The van der Waals surface area contributed by atoms with E-state index in [1.54, 1.807) is 11.8 Å². The Labute approximate surface area is 95.3 Å². The molecule has 0 unspecified atom stereocenters. The number of pyridine rings is 2. The first-order chi connectivity index (χ1) is 6.81. The van der Waals surface area contributed by atoms with Crippen molar-refractivity contribution >= 4 is 38.7 Å². The van der Waals surface area contributed by atoms with Crippen molar-refractivity contribution in [3.05, 3.63) is 29.0 Å². The van der Waals surface area contributed by atoms with Crippen LogP contribution in [0.4, 0.5) is 0 Å². The van der Waals surface area contributed by atoms with Crippen molar-refractivity contribution in [1.29, 1.82) is 0 Å². The fourth-order valence-electron chi connectivity index (χ4n) is 1.25. The molecule has 0 N–H and O–H groups in total. The minimum atomic E-state index is 0.942. The van der Waals surface area contributed by atoms with Crippen LogP contribution in [0.3, 0.4) is 0 Å². The second-order valence-corrected chi connectivity index (χ2v) is 4.98. The van der Waals surface area contributed by atoms with Crippen molar-refractivity contribution in [3.63, 3.8) is 0 Å². The van der Waals surface area contributed by atoms with E-state index in [-0.39, 0.29) is 0 Å². The zero-order chi connectivity index (χ0) is 9.97. The van der Waals surface area contributed by atoms with E-state index < -0.39 is 0 Å². The third kappa shape index (κ3) is 1.91. The number of rotatable bonds is 2. The first kappa shape index (κ1) is 9.93. The molecule has 2 aromatic heterocycles. The van der Waals surface area contributed by atoms with E-state index in [1.165, 1.54) is 4.90 Å². The fraction of sp³-hybridized carbons (Fsp3) is 0.200. The minimum Gasteiger partial charge on any atom is -0.254 e. The molecule has 0 bridgehead atoms. The lowest BCUT2D eigenvalue weighted by Gasteiger charge is -2.02. The Morgan fingerprint density at radius 2 is 2.29 bits per heavy atom. The van der Waals surface area contributed by atoms with Gasteiger partial charge in [0.1, 0.15) is 5.52 Å². The molecule has 0 radical (unpaired) electrons. The first-order valence-electron chi connectivity index (χ1n) is 4.34. The van der Waals surface area contributed by atoms with E-state index in [9.17, 15) is 0 Å². The molecule has 0 spiro atoms. The van der Waals surface area contributed by atoms with Gasteiger partial charge < -0.3 is 0 Å². The molecule has 0 aromatic carbocycles. The summed E-state index contributed by atoms with van der Waals surface area (Å²) in [6.45, 7) is 2.13. The standard InChI is InChI=1S/C10H9BrN2S/c1-2-14-9-3-4-12-8-5-7(11)6-13-10(8)9/h3-6H,2H2,1H3. The van der Waals surface area contributed by atoms with Crippen LogP contribution < -0.4 is 0 Å². The quantitative estimate of drug-likeness (QED) is 0.780. The van der Waals surface area contributed by atoms with Gasteiger partial charge >= 0.3 is 0 Å². The van der Waals surface area contributed by atoms with Crippen LogP contribution in [0.2, 0.25) is 0 Å². The number of aromatic nitrogens is 2. The van der Waals surface area contributed by atoms with Crippen molar-refractivity contribution in [2.45, 2.75) is 11.8 Å². The predicted molar refractivity (Wildman–Crippen MR) is 63.6 cm³/mol. The summed E-state index contributed by atoms with van der Waals surface area (Å²) in [7, 11) is 0. The highest BCUT2D eigenvalue weighted by Crippen LogP contribution is 2.25. The van der Waals surface area contributed by atoms with Crippen LogP contribution in [-0.4, -0.2) is 15.7 Å². The molecule has 0 saturated heterocycles. The number of nitrogens with zero attached hydrogens (tertiary/aromatic N) is 2. The molecule has 2 nitrogen and oxygen atoms in total. The molecule has 0 aliphatic rings. The topological polar surface area (TPSA) is 25.8 Å². The van der Waals surface area contributed by atoms with Gasteiger partial charge in [0.2, 0.25) is 0 Å². The fourth-order valence-corrected chi connectivity index (χ4v) is 2.33. The molecule has 4 heteroatoms. The Morgan fingerprint density at radius 3 is 3.07 bits per heavy atom. The van der Waals surface area contributed by atoms with Crippen molar-refractivity contribution < 1.29 is 0 Å².